The highest BCUT2D eigenvalue weighted by Crippen LogP contribution is 2.30. The minimum atomic E-state index is -4.58. The van der Waals surface area contributed by atoms with E-state index in [-0.39, 0.29) is 11.6 Å². The molecule has 3 heterocycles. The lowest BCUT2D eigenvalue weighted by Crippen LogP contribution is -2.55. The molecule has 0 aliphatic heterocycles. The van der Waals surface area contributed by atoms with E-state index in [4.69, 9.17) is 11.6 Å². The molecule has 12 heteroatoms. The molecule has 3 N–H and O–H groups in total. The summed E-state index contributed by atoms with van der Waals surface area (Å²) < 4.78 is 52.1. The first-order valence-corrected chi connectivity index (χ1v) is 9.57. The molecule has 166 valence electrons. The Morgan fingerprint density at radius 2 is 1.97 bits per heavy atom. The van der Waals surface area contributed by atoms with Crippen LogP contribution in [0.2, 0.25) is 5.02 Å². The number of nitrogens with one attached hydrogen (secondary N) is 3. The van der Waals surface area contributed by atoms with Crippen molar-refractivity contribution in [1.29, 1.82) is 0 Å². The highest BCUT2D eigenvalue weighted by molar-refractivity contribution is 6.31. The summed E-state index contributed by atoms with van der Waals surface area (Å²) in [4.78, 5) is 27.7. The van der Waals surface area contributed by atoms with Gasteiger partial charge >= 0.3 is 6.18 Å². The second kappa shape index (κ2) is 8.29. The van der Waals surface area contributed by atoms with Crippen LogP contribution in [-0.2, 0) is 4.79 Å². The van der Waals surface area contributed by atoms with Crippen LogP contribution in [0.4, 0.5) is 23.4 Å². The van der Waals surface area contributed by atoms with E-state index >= 15 is 0 Å². The third-order valence-electron chi connectivity index (χ3n) is 4.94. The number of amides is 1. The average Bonchev–Trinajstić information content (AvgIpc) is 3.10. The van der Waals surface area contributed by atoms with E-state index in [1.54, 1.807) is 26.1 Å². The molecule has 0 saturated heterocycles. The van der Waals surface area contributed by atoms with E-state index < -0.39 is 35.9 Å². The monoisotopic (exact) mass is 458 g/mol. The molecule has 3 rings (SSSR count). The van der Waals surface area contributed by atoms with Crippen molar-refractivity contribution in [2.75, 3.05) is 11.9 Å². The van der Waals surface area contributed by atoms with Crippen LogP contribution in [0.25, 0.3) is 22.4 Å². The highest BCUT2D eigenvalue weighted by atomic mass is 35.5. The quantitative estimate of drug-likeness (QED) is 0.478. The number of aromatic amines is 1. The van der Waals surface area contributed by atoms with Gasteiger partial charge in [0, 0.05) is 23.3 Å². The van der Waals surface area contributed by atoms with Gasteiger partial charge in [-0.1, -0.05) is 25.4 Å². The van der Waals surface area contributed by atoms with E-state index in [9.17, 15) is 22.4 Å². The van der Waals surface area contributed by atoms with Gasteiger partial charge in [-0.3, -0.25) is 4.79 Å². The summed E-state index contributed by atoms with van der Waals surface area (Å²) in [5.41, 5.74) is -0.579. The molecule has 0 fully saturated rings. The fourth-order valence-electron chi connectivity index (χ4n) is 2.82. The first-order chi connectivity index (χ1) is 14.4. The zero-order valence-corrected chi connectivity index (χ0v) is 17.5. The van der Waals surface area contributed by atoms with E-state index in [2.05, 4.69) is 25.3 Å². The molecule has 0 aliphatic carbocycles. The summed E-state index contributed by atoms with van der Waals surface area (Å²) in [5, 5.41) is 5.47. The number of carbonyl (C=O) groups is 1. The normalized spacial score (nSPS) is 14.0. The van der Waals surface area contributed by atoms with E-state index in [0.717, 1.165) is 6.20 Å². The lowest BCUT2D eigenvalue weighted by Gasteiger charge is -2.34. The average molecular weight is 459 g/mol. The second-order valence-corrected chi connectivity index (χ2v) is 7.86. The minimum absolute atomic E-state index is 0.112. The van der Waals surface area contributed by atoms with Gasteiger partial charge in [0.15, 0.2) is 17.5 Å². The molecule has 0 spiro atoms. The van der Waals surface area contributed by atoms with Crippen LogP contribution < -0.4 is 10.6 Å². The Labute approximate surface area is 179 Å². The van der Waals surface area contributed by atoms with Gasteiger partial charge in [-0.05, 0) is 18.9 Å². The summed E-state index contributed by atoms with van der Waals surface area (Å²) >= 11 is 6.00. The summed E-state index contributed by atoms with van der Waals surface area (Å²) in [6.45, 7) is 3.11. The maximum absolute atomic E-state index is 14.5. The van der Waals surface area contributed by atoms with Crippen molar-refractivity contribution in [1.82, 2.24) is 25.3 Å². The van der Waals surface area contributed by atoms with Crippen LogP contribution in [0.5, 0.6) is 0 Å². The Balaban J connectivity index is 1.96. The maximum Gasteiger partial charge on any atom is 0.405 e. The van der Waals surface area contributed by atoms with E-state index in [0.29, 0.717) is 21.6 Å². The Hall–Kier alpha value is -2.95. The maximum atomic E-state index is 14.5. The Morgan fingerprint density at radius 3 is 2.61 bits per heavy atom. The van der Waals surface area contributed by atoms with Crippen LogP contribution in [0.15, 0.2) is 24.7 Å². The SMILES string of the molecule is CC(C)[C@](C)(Nc1nc(-c2c[nH]c3ncc(Cl)cc23)ncc1F)C(=O)NCC(F)(F)F. The van der Waals surface area contributed by atoms with Crippen LogP contribution in [0, 0.1) is 11.7 Å². The summed E-state index contributed by atoms with van der Waals surface area (Å²) in [7, 11) is 0. The number of hydrogen-bond donors (Lipinski definition) is 3. The van der Waals surface area contributed by atoms with Gasteiger partial charge in [-0.2, -0.15) is 13.2 Å². The Morgan fingerprint density at radius 1 is 1.26 bits per heavy atom. The van der Waals surface area contributed by atoms with Crippen molar-refractivity contribution in [3.63, 3.8) is 0 Å². The topological polar surface area (TPSA) is 95.6 Å². The predicted molar refractivity (Wildman–Crippen MR) is 108 cm³/mol. The molecule has 0 saturated carbocycles. The predicted octanol–water partition coefficient (Wildman–Crippen LogP) is 4.32. The number of alkyl halides is 3. The summed E-state index contributed by atoms with van der Waals surface area (Å²) in [6.07, 6.45) is -0.639. The molecule has 31 heavy (non-hydrogen) atoms. The van der Waals surface area contributed by atoms with Crippen LogP contribution in [0.1, 0.15) is 20.8 Å². The minimum Gasteiger partial charge on any atom is -0.353 e. The second-order valence-electron chi connectivity index (χ2n) is 7.42. The van der Waals surface area contributed by atoms with Gasteiger partial charge in [0.25, 0.3) is 0 Å². The number of halogens is 5. The molecule has 1 atom stereocenters. The molecule has 0 aromatic carbocycles. The number of rotatable bonds is 6. The van der Waals surface area contributed by atoms with Gasteiger partial charge in [0.05, 0.1) is 11.2 Å². The summed E-state index contributed by atoms with van der Waals surface area (Å²) in [6, 6.07) is 1.64. The fourth-order valence-corrected chi connectivity index (χ4v) is 2.98. The number of hydrogen-bond acceptors (Lipinski definition) is 5. The molecule has 0 unspecified atom stereocenters. The van der Waals surface area contributed by atoms with E-state index in [1.165, 1.54) is 13.1 Å². The molecule has 3 aromatic rings. The number of pyridine rings is 1. The molecule has 0 aliphatic rings. The first-order valence-electron chi connectivity index (χ1n) is 9.19. The molecule has 0 bridgehead atoms. The molecule has 0 radical (unpaired) electrons. The van der Waals surface area contributed by atoms with Crippen LogP contribution >= 0.6 is 11.6 Å². The van der Waals surface area contributed by atoms with Gasteiger partial charge in [-0.15, -0.1) is 0 Å². The third-order valence-corrected chi connectivity index (χ3v) is 5.14. The lowest BCUT2D eigenvalue weighted by atomic mass is 9.87. The number of fused-ring (bicyclic) bond motifs is 1. The van der Waals surface area contributed by atoms with Crippen molar-refractivity contribution in [3.05, 3.63) is 35.5 Å². The fraction of sp³-hybridized carbons (Fsp3) is 0.368. The number of aromatic nitrogens is 4. The van der Waals surface area contributed by atoms with E-state index in [1.807, 2.05) is 5.32 Å². The molecule has 3 aromatic heterocycles. The summed E-state index contributed by atoms with van der Waals surface area (Å²) in [5.74, 6) is -2.53. The van der Waals surface area contributed by atoms with Crippen LogP contribution in [-0.4, -0.2) is 44.1 Å². The van der Waals surface area contributed by atoms with Crippen molar-refractivity contribution >= 4 is 34.4 Å². The smallest absolute Gasteiger partial charge is 0.353 e. The Bertz CT molecular complexity index is 1120. The van der Waals surface area contributed by atoms with Crippen LogP contribution in [0.3, 0.4) is 0 Å². The first kappa shape index (κ1) is 22.7. The number of carbonyl (C=O) groups excluding carboxylic acids is 1. The van der Waals surface area contributed by atoms with Gasteiger partial charge in [0.2, 0.25) is 5.91 Å². The van der Waals surface area contributed by atoms with Crippen molar-refractivity contribution in [3.8, 4) is 11.4 Å². The number of nitrogens with zero attached hydrogens (tertiary/aromatic N) is 3. The largest absolute Gasteiger partial charge is 0.405 e. The van der Waals surface area contributed by atoms with Gasteiger partial charge in [-0.25, -0.2) is 19.3 Å². The third kappa shape index (κ3) is 4.87. The Kier molecular flexibility index (Phi) is 6.08. The van der Waals surface area contributed by atoms with Gasteiger partial charge in [0.1, 0.15) is 17.7 Å². The molecule has 1 amide bonds. The number of H-pyrrole nitrogens is 1. The zero-order chi connectivity index (χ0) is 23.0. The highest BCUT2D eigenvalue weighted by Gasteiger charge is 2.39. The molecular formula is C19H19ClF4N6O. The molecular weight excluding hydrogens is 440 g/mol. The lowest BCUT2D eigenvalue weighted by molar-refractivity contribution is -0.141. The van der Waals surface area contributed by atoms with Crippen molar-refractivity contribution in [2.24, 2.45) is 5.92 Å². The van der Waals surface area contributed by atoms with Crippen molar-refractivity contribution < 1.29 is 22.4 Å². The van der Waals surface area contributed by atoms with Crippen molar-refractivity contribution in [2.45, 2.75) is 32.5 Å². The zero-order valence-electron chi connectivity index (χ0n) is 16.7. The van der Waals surface area contributed by atoms with Gasteiger partial charge < -0.3 is 15.6 Å². The number of anilines is 1. The standard InChI is InChI=1S/C19H19ClF4N6O/c1-9(2)18(3,17(31)28-8-19(22,23)24)30-16-13(21)7-27-15(29-16)12-6-26-14-11(12)4-10(20)5-25-14/h4-7,9H,8H2,1-3H3,(H,25,26)(H,28,31)(H,27,29,30)/t18-/m0/s1. The molecule has 7 nitrogen and oxygen atoms in total.